The smallest absolute Gasteiger partial charge is 0.244 e. The minimum absolute atomic E-state index is 0.0130. The Morgan fingerprint density at radius 3 is 2.59 bits per heavy atom. The summed E-state index contributed by atoms with van der Waals surface area (Å²) >= 11 is 0. The number of benzene rings is 3. The Morgan fingerprint density at radius 2 is 1.83 bits per heavy atom. The standard InChI is InChI=1S/C23H18F2N2O2/c1-29-18-7-8-21-16(11-18)9-10-27(21)14-22(28)26-23-19(12-17(24)13-20(23)25)15-5-3-2-4-6-15/h2-13H,14H2,1H3,(H,26,28). The van der Waals surface area contributed by atoms with Crippen LogP contribution in [0.15, 0.2) is 72.9 Å². The summed E-state index contributed by atoms with van der Waals surface area (Å²) in [6.07, 6.45) is 1.78. The number of carbonyl (C=O) groups is 1. The van der Waals surface area contributed by atoms with Crippen molar-refractivity contribution in [2.75, 3.05) is 12.4 Å². The Balaban J connectivity index is 1.62. The lowest BCUT2D eigenvalue weighted by molar-refractivity contribution is -0.116. The van der Waals surface area contributed by atoms with Gasteiger partial charge in [-0.2, -0.15) is 0 Å². The average Bonchev–Trinajstić information content (AvgIpc) is 3.12. The van der Waals surface area contributed by atoms with Gasteiger partial charge in [-0.25, -0.2) is 8.78 Å². The SMILES string of the molecule is COc1ccc2c(ccn2CC(=O)Nc2c(F)cc(F)cc2-c2ccccc2)c1. The van der Waals surface area contributed by atoms with E-state index in [1.54, 1.807) is 42.1 Å². The van der Waals surface area contributed by atoms with Crippen LogP contribution in [-0.2, 0) is 11.3 Å². The van der Waals surface area contributed by atoms with Crippen LogP contribution in [0.25, 0.3) is 22.0 Å². The van der Waals surface area contributed by atoms with E-state index < -0.39 is 17.5 Å². The predicted molar refractivity (Wildman–Crippen MR) is 109 cm³/mol. The van der Waals surface area contributed by atoms with Crippen LogP contribution in [0.2, 0.25) is 0 Å². The van der Waals surface area contributed by atoms with Crippen molar-refractivity contribution < 1.29 is 18.3 Å². The Labute approximate surface area is 166 Å². The Kier molecular flexibility index (Phi) is 4.99. The number of hydrogen-bond acceptors (Lipinski definition) is 2. The first-order valence-electron chi connectivity index (χ1n) is 9.02. The molecule has 6 heteroatoms. The number of rotatable bonds is 5. The van der Waals surface area contributed by atoms with Crippen LogP contribution in [0.3, 0.4) is 0 Å². The minimum atomic E-state index is -0.820. The third kappa shape index (κ3) is 3.82. The largest absolute Gasteiger partial charge is 0.497 e. The zero-order valence-corrected chi connectivity index (χ0v) is 15.7. The van der Waals surface area contributed by atoms with E-state index in [1.165, 1.54) is 6.07 Å². The summed E-state index contributed by atoms with van der Waals surface area (Å²) in [4.78, 5) is 12.7. The lowest BCUT2D eigenvalue weighted by atomic mass is 10.0. The first-order valence-corrected chi connectivity index (χ1v) is 9.02. The molecule has 0 unspecified atom stereocenters. The monoisotopic (exact) mass is 392 g/mol. The second-order valence-electron chi connectivity index (χ2n) is 6.59. The molecule has 0 aliphatic heterocycles. The zero-order valence-electron chi connectivity index (χ0n) is 15.7. The molecule has 1 amide bonds. The summed E-state index contributed by atoms with van der Waals surface area (Å²) < 4.78 is 35.3. The lowest BCUT2D eigenvalue weighted by Crippen LogP contribution is -2.19. The van der Waals surface area contributed by atoms with E-state index >= 15 is 0 Å². The van der Waals surface area contributed by atoms with Crippen molar-refractivity contribution >= 4 is 22.5 Å². The first kappa shape index (κ1) is 18.7. The molecular weight excluding hydrogens is 374 g/mol. The highest BCUT2D eigenvalue weighted by atomic mass is 19.1. The lowest BCUT2D eigenvalue weighted by Gasteiger charge is -2.14. The van der Waals surface area contributed by atoms with Gasteiger partial charge in [0, 0.05) is 28.7 Å². The van der Waals surface area contributed by atoms with Crippen molar-refractivity contribution in [1.29, 1.82) is 0 Å². The maximum atomic E-state index is 14.5. The number of carbonyl (C=O) groups excluding carboxylic acids is 1. The molecule has 1 heterocycles. The van der Waals surface area contributed by atoms with Crippen LogP contribution in [-0.4, -0.2) is 17.6 Å². The summed E-state index contributed by atoms with van der Waals surface area (Å²) in [6, 6.07) is 18.2. The molecule has 4 rings (SSSR count). The van der Waals surface area contributed by atoms with Gasteiger partial charge in [-0.1, -0.05) is 30.3 Å². The number of fused-ring (bicyclic) bond motifs is 1. The van der Waals surface area contributed by atoms with Crippen molar-refractivity contribution in [3.63, 3.8) is 0 Å². The van der Waals surface area contributed by atoms with E-state index in [-0.39, 0.29) is 12.2 Å². The molecule has 4 nitrogen and oxygen atoms in total. The van der Waals surface area contributed by atoms with E-state index in [2.05, 4.69) is 5.32 Å². The number of anilines is 1. The van der Waals surface area contributed by atoms with E-state index in [0.29, 0.717) is 11.1 Å². The van der Waals surface area contributed by atoms with Gasteiger partial charge >= 0.3 is 0 Å². The molecule has 4 aromatic rings. The summed E-state index contributed by atoms with van der Waals surface area (Å²) in [6.45, 7) is -0.0130. The van der Waals surface area contributed by atoms with Gasteiger partial charge in [0.2, 0.25) is 5.91 Å². The summed E-state index contributed by atoms with van der Waals surface area (Å²) in [5, 5.41) is 3.53. The maximum absolute atomic E-state index is 14.5. The van der Waals surface area contributed by atoms with Crippen molar-refractivity contribution in [1.82, 2.24) is 4.57 Å². The molecule has 0 spiro atoms. The van der Waals surface area contributed by atoms with Crippen LogP contribution >= 0.6 is 0 Å². The highest BCUT2D eigenvalue weighted by Gasteiger charge is 2.16. The third-order valence-corrected chi connectivity index (χ3v) is 4.70. The maximum Gasteiger partial charge on any atom is 0.244 e. The Bertz CT molecular complexity index is 1190. The molecule has 29 heavy (non-hydrogen) atoms. The van der Waals surface area contributed by atoms with Gasteiger partial charge in [0.05, 0.1) is 12.8 Å². The van der Waals surface area contributed by atoms with Gasteiger partial charge in [-0.3, -0.25) is 4.79 Å². The highest BCUT2D eigenvalue weighted by Crippen LogP contribution is 2.31. The number of halogens is 2. The van der Waals surface area contributed by atoms with Crippen molar-refractivity contribution in [2.45, 2.75) is 6.54 Å². The molecule has 1 aromatic heterocycles. The molecule has 0 saturated carbocycles. The fourth-order valence-corrected chi connectivity index (χ4v) is 3.32. The van der Waals surface area contributed by atoms with E-state index in [4.69, 9.17) is 4.74 Å². The number of amides is 1. The number of hydrogen-bond donors (Lipinski definition) is 1. The molecule has 0 bridgehead atoms. The minimum Gasteiger partial charge on any atom is -0.497 e. The predicted octanol–water partition coefficient (Wildman–Crippen LogP) is 5.23. The van der Waals surface area contributed by atoms with E-state index in [1.807, 2.05) is 30.3 Å². The third-order valence-electron chi connectivity index (χ3n) is 4.70. The summed E-state index contributed by atoms with van der Waals surface area (Å²) in [5.74, 6) is -1.22. The van der Waals surface area contributed by atoms with Gasteiger partial charge in [0.25, 0.3) is 0 Å². The fourth-order valence-electron chi connectivity index (χ4n) is 3.32. The van der Waals surface area contributed by atoms with Crippen LogP contribution < -0.4 is 10.1 Å². The summed E-state index contributed by atoms with van der Waals surface area (Å²) in [5.41, 5.74) is 1.71. The van der Waals surface area contributed by atoms with Gasteiger partial charge < -0.3 is 14.6 Å². The fraction of sp³-hybridized carbons (Fsp3) is 0.0870. The number of nitrogens with zero attached hydrogens (tertiary/aromatic N) is 1. The van der Waals surface area contributed by atoms with Gasteiger partial charge in [0.1, 0.15) is 23.9 Å². The summed E-state index contributed by atoms with van der Waals surface area (Å²) in [7, 11) is 1.59. The molecule has 0 atom stereocenters. The molecule has 0 aliphatic rings. The second-order valence-corrected chi connectivity index (χ2v) is 6.59. The van der Waals surface area contributed by atoms with Crippen LogP contribution in [0.5, 0.6) is 5.75 Å². The van der Waals surface area contributed by atoms with Gasteiger partial charge in [0.15, 0.2) is 0 Å². The molecule has 0 fully saturated rings. The van der Waals surface area contributed by atoms with E-state index in [9.17, 15) is 13.6 Å². The van der Waals surface area contributed by atoms with Crippen LogP contribution in [0, 0.1) is 11.6 Å². The first-order chi connectivity index (χ1) is 14.0. The van der Waals surface area contributed by atoms with Crippen molar-refractivity contribution in [3.05, 3.63) is 84.6 Å². The molecule has 0 saturated heterocycles. The molecule has 1 N–H and O–H groups in total. The number of methoxy groups -OCH3 is 1. The average molecular weight is 392 g/mol. The molecule has 3 aromatic carbocycles. The topological polar surface area (TPSA) is 43.3 Å². The molecule has 146 valence electrons. The van der Waals surface area contributed by atoms with Gasteiger partial charge in [-0.05, 0) is 35.9 Å². The number of aromatic nitrogens is 1. The molecule has 0 radical (unpaired) electrons. The van der Waals surface area contributed by atoms with E-state index in [0.717, 1.165) is 22.7 Å². The number of nitrogens with one attached hydrogen (secondary N) is 1. The van der Waals surface area contributed by atoms with Crippen molar-refractivity contribution in [2.24, 2.45) is 0 Å². The molecular formula is C23H18F2N2O2. The zero-order chi connectivity index (χ0) is 20.4. The Hall–Kier alpha value is -3.67. The molecule has 0 aliphatic carbocycles. The second kappa shape index (κ2) is 7.75. The highest BCUT2D eigenvalue weighted by molar-refractivity contribution is 5.96. The number of ether oxygens (including phenoxy) is 1. The van der Waals surface area contributed by atoms with Crippen LogP contribution in [0.4, 0.5) is 14.5 Å². The van der Waals surface area contributed by atoms with Crippen molar-refractivity contribution in [3.8, 4) is 16.9 Å². The quantitative estimate of drug-likeness (QED) is 0.505. The van der Waals surface area contributed by atoms with Gasteiger partial charge in [-0.15, -0.1) is 0 Å². The van der Waals surface area contributed by atoms with Crippen LogP contribution in [0.1, 0.15) is 0 Å². The Morgan fingerprint density at radius 1 is 1.03 bits per heavy atom. The normalized spacial score (nSPS) is 10.9.